The molecule has 0 aliphatic carbocycles. The summed E-state index contributed by atoms with van der Waals surface area (Å²) in [6.45, 7) is 0. The predicted octanol–water partition coefficient (Wildman–Crippen LogP) is 6.57. The lowest BCUT2D eigenvalue weighted by Crippen LogP contribution is -2.05. The molecule has 0 saturated heterocycles. The number of fused-ring (bicyclic) bond motifs is 2. The highest BCUT2D eigenvalue weighted by Gasteiger charge is 2.19. The molecule has 0 N–H and O–H groups in total. The largest absolute Gasteiger partial charge is 0.455 e. The van der Waals surface area contributed by atoms with Crippen LogP contribution >= 0.6 is 12.6 Å². The Morgan fingerprint density at radius 1 is 0.714 bits per heavy atom. The summed E-state index contributed by atoms with van der Waals surface area (Å²) >= 11 is 4.67. The summed E-state index contributed by atoms with van der Waals surface area (Å²) in [5.41, 5.74) is 4.90. The first kappa shape index (κ1) is 16.8. The van der Waals surface area contributed by atoms with Crippen molar-refractivity contribution in [2.45, 2.75) is 4.90 Å². The smallest absolute Gasteiger partial charge is 0.201 e. The molecule has 0 radical (unpaired) electrons. The molecule has 5 aromatic rings. The molecule has 5 rings (SSSR count). The van der Waals surface area contributed by atoms with Gasteiger partial charge in [0.1, 0.15) is 5.58 Å². The summed E-state index contributed by atoms with van der Waals surface area (Å²) < 4.78 is 6.13. The van der Waals surface area contributed by atoms with Crippen LogP contribution in [0, 0.1) is 0 Å². The van der Waals surface area contributed by atoms with Gasteiger partial charge in [0.25, 0.3) is 0 Å². The Hall–Kier alpha value is -3.30. The summed E-state index contributed by atoms with van der Waals surface area (Å²) in [4.78, 5) is 14.2. The van der Waals surface area contributed by atoms with Crippen LogP contribution in [0.25, 0.3) is 44.2 Å². The van der Waals surface area contributed by atoms with Gasteiger partial charge in [0, 0.05) is 10.5 Å². The van der Waals surface area contributed by atoms with Crippen LogP contribution in [-0.2, 0) is 0 Å². The molecule has 0 fully saturated rings. The van der Waals surface area contributed by atoms with Gasteiger partial charge < -0.3 is 4.42 Å². The van der Waals surface area contributed by atoms with Crippen LogP contribution in [0.15, 0.2) is 105 Å². The van der Waals surface area contributed by atoms with Gasteiger partial charge in [-0.15, -0.1) is 12.6 Å². The first-order chi connectivity index (χ1) is 13.7. The molecule has 2 nitrogen and oxygen atoms in total. The number of benzene rings is 4. The van der Waals surface area contributed by atoms with Gasteiger partial charge >= 0.3 is 0 Å². The zero-order chi connectivity index (χ0) is 19.1. The van der Waals surface area contributed by atoms with Crippen molar-refractivity contribution in [2.24, 2.45) is 0 Å². The van der Waals surface area contributed by atoms with E-state index in [-0.39, 0.29) is 5.43 Å². The first-order valence-electron chi connectivity index (χ1n) is 9.06. The number of hydrogen-bond acceptors (Lipinski definition) is 3. The molecule has 1 heterocycles. The minimum atomic E-state index is -0.0382. The van der Waals surface area contributed by atoms with E-state index >= 15 is 0 Å². The highest BCUT2D eigenvalue weighted by atomic mass is 32.1. The van der Waals surface area contributed by atoms with E-state index in [1.165, 1.54) is 0 Å². The van der Waals surface area contributed by atoms with Crippen LogP contribution in [0.1, 0.15) is 0 Å². The monoisotopic (exact) mass is 380 g/mol. The van der Waals surface area contributed by atoms with Crippen molar-refractivity contribution in [2.75, 3.05) is 0 Å². The van der Waals surface area contributed by atoms with Crippen LogP contribution in [0.5, 0.6) is 0 Å². The van der Waals surface area contributed by atoms with Gasteiger partial charge in [0.15, 0.2) is 5.58 Å². The van der Waals surface area contributed by atoms with E-state index < -0.39 is 0 Å². The van der Waals surface area contributed by atoms with E-state index in [9.17, 15) is 4.79 Å². The fourth-order valence-corrected chi connectivity index (χ4v) is 4.00. The third-order valence-electron chi connectivity index (χ3n) is 4.98. The highest BCUT2D eigenvalue weighted by Crippen LogP contribution is 2.40. The van der Waals surface area contributed by atoms with E-state index in [1.807, 2.05) is 91.0 Å². The molecule has 28 heavy (non-hydrogen) atoms. The van der Waals surface area contributed by atoms with Gasteiger partial charge in [-0.2, -0.15) is 0 Å². The first-order valence-corrected chi connectivity index (χ1v) is 9.51. The Kier molecular flexibility index (Phi) is 4.03. The summed E-state index contributed by atoms with van der Waals surface area (Å²) in [5, 5.41) is 1.14. The zero-order valence-electron chi connectivity index (χ0n) is 14.9. The van der Waals surface area contributed by atoms with Crippen molar-refractivity contribution in [3.8, 4) is 22.3 Å². The highest BCUT2D eigenvalue weighted by molar-refractivity contribution is 7.80. The minimum Gasteiger partial charge on any atom is -0.455 e. The Labute approximate surface area is 167 Å². The van der Waals surface area contributed by atoms with Crippen molar-refractivity contribution in [3.05, 3.63) is 101 Å². The maximum Gasteiger partial charge on any atom is 0.201 e. The fraction of sp³-hybridized carbons (Fsp3) is 0. The maximum absolute atomic E-state index is 13.5. The van der Waals surface area contributed by atoms with Crippen molar-refractivity contribution < 1.29 is 4.42 Å². The number of rotatable bonds is 2. The van der Waals surface area contributed by atoms with Gasteiger partial charge in [-0.1, -0.05) is 72.8 Å². The Morgan fingerprint density at radius 3 is 2.04 bits per heavy atom. The molecular formula is C25H16O2S. The van der Waals surface area contributed by atoms with Crippen molar-refractivity contribution >= 4 is 34.6 Å². The van der Waals surface area contributed by atoms with Crippen LogP contribution in [-0.4, -0.2) is 0 Å². The summed E-state index contributed by atoms with van der Waals surface area (Å²) in [6, 6.07) is 29.4. The van der Waals surface area contributed by atoms with Crippen LogP contribution in [0.2, 0.25) is 0 Å². The van der Waals surface area contributed by atoms with E-state index in [0.717, 1.165) is 22.3 Å². The average Bonchev–Trinajstić information content (AvgIpc) is 2.75. The third kappa shape index (κ3) is 2.63. The minimum absolute atomic E-state index is 0.0382. The predicted molar refractivity (Wildman–Crippen MR) is 118 cm³/mol. The lowest BCUT2D eigenvalue weighted by atomic mass is 9.91. The van der Waals surface area contributed by atoms with E-state index in [1.54, 1.807) is 0 Å². The molecule has 0 aliphatic heterocycles. The van der Waals surface area contributed by atoms with Crippen LogP contribution in [0.3, 0.4) is 0 Å². The second-order valence-electron chi connectivity index (χ2n) is 6.68. The van der Waals surface area contributed by atoms with E-state index in [0.29, 0.717) is 26.8 Å². The molecule has 0 amide bonds. The molecular weight excluding hydrogens is 364 g/mol. The van der Waals surface area contributed by atoms with E-state index in [2.05, 4.69) is 12.6 Å². The van der Waals surface area contributed by atoms with Gasteiger partial charge in [-0.25, -0.2) is 0 Å². The summed E-state index contributed by atoms with van der Waals surface area (Å²) in [5.74, 6) is 0. The van der Waals surface area contributed by atoms with Crippen LogP contribution in [0.4, 0.5) is 0 Å². The Bertz CT molecular complexity index is 1370. The number of thiol groups is 1. The summed E-state index contributed by atoms with van der Waals surface area (Å²) in [6.07, 6.45) is 0. The number of para-hydroxylation sites is 1. The van der Waals surface area contributed by atoms with Gasteiger partial charge in [0.05, 0.1) is 10.8 Å². The SMILES string of the molecule is O=c1c2ccccc2oc2c(S)cc(-c3ccccc3)c(-c3ccccc3)c12. The van der Waals surface area contributed by atoms with Gasteiger partial charge in [0.2, 0.25) is 5.43 Å². The Morgan fingerprint density at radius 2 is 1.32 bits per heavy atom. The maximum atomic E-state index is 13.5. The molecule has 134 valence electrons. The third-order valence-corrected chi connectivity index (χ3v) is 5.31. The normalized spacial score (nSPS) is 11.2. The topological polar surface area (TPSA) is 30.2 Å². The summed E-state index contributed by atoms with van der Waals surface area (Å²) in [7, 11) is 0. The second-order valence-corrected chi connectivity index (χ2v) is 7.16. The molecule has 4 aromatic carbocycles. The quantitative estimate of drug-likeness (QED) is 0.277. The lowest BCUT2D eigenvalue weighted by molar-refractivity contribution is 0.652. The molecule has 1 aromatic heterocycles. The van der Waals surface area contributed by atoms with Crippen molar-refractivity contribution in [1.82, 2.24) is 0 Å². The molecule has 0 atom stereocenters. The molecule has 0 spiro atoms. The van der Waals surface area contributed by atoms with Crippen molar-refractivity contribution in [1.29, 1.82) is 0 Å². The standard InChI is InChI=1S/C25H16O2S/c26-24-18-13-7-8-14-20(18)27-25-21(28)15-19(16-9-3-1-4-10-16)22(23(24)25)17-11-5-2-6-12-17/h1-15,28H. The fourth-order valence-electron chi connectivity index (χ4n) is 3.71. The molecule has 0 unspecified atom stereocenters. The number of hydrogen-bond donors (Lipinski definition) is 1. The second kappa shape index (κ2) is 6.70. The molecule has 0 aliphatic rings. The van der Waals surface area contributed by atoms with Crippen molar-refractivity contribution in [3.63, 3.8) is 0 Å². The van der Waals surface area contributed by atoms with E-state index in [4.69, 9.17) is 4.42 Å². The molecule has 0 bridgehead atoms. The average molecular weight is 380 g/mol. The molecule has 0 saturated carbocycles. The van der Waals surface area contributed by atoms with Gasteiger partial charge in [-0.3, -0.25) is 4.79 Å². The van der Waals surface area contributed by atoms with Gasteiger partial charge in [-0.05, 0) is 34.9 Å². The lowest BCUT2D eigenvalue weighted by Gasteiger charge is -2.15. The molecule has 3 heteroatoms. The van der Waals surface area contributed by atoms with Crippen LogP contribution < -0.4 is 5.43 Å². The zero-order valence-corrected chi connectivity index (χ0v) is 15.8. The Balaban J connectivity index is 2.03.